The van der Waals surface area contributed by atoms with E-state index in [1.165, 1.54) is 5.56 Å². The fourth-order valence-electron chi connectivity index (χ4n) is 5.26. The van der Waals surface area contributed by atoms with E-state index in [0.29, 0.717) is 12.5 Å². The molecule has 1 atom stereocenters. The number of piperazine rings is 1. The van der Waals surface area contributed by atoms with Crippen LogP contribution in [-0.4, -0.2) is 53.0 Å². The molecular weight excluding hydrogens is 474 g/mol. The van der Waals surface area contributed by atoms with Crippen molar-refractivity contribution in [3.63, 3.8) is 0 Å². The molecule has 1 amide bonds. The van der Waals surface area contributed by atoms with Gasteiger partial charge in [0.2, 0.25) is 5.91 Å². The van der Waals surface area contributed by atoms with E-state index in [2.05, 4.69) is 87.7 Å². The molecule has 0 aliphatic carbocycles. The van der Waals surface area contributed by atoms with Gasteiger partial charge in [-0.05, 0) is 68.9 Å². The topological polar surface area (TPSA) is 84.6 Å². The molecule has 1 saturated heterocycles. The Labute approximate surface area is 227 Å². The van der Waals surface area contributed by atoms with E-state index >= 15 is 0 Å². The van der Waals surface area contributed by atoms with Gasteiger partial charge in [0.05, 0.1) is 17.8 Å². The van der Waals surface area contributed by atoms with Crippen molar-refractivity contribution in [1.29, 1.82) is 0 Å². The van der Waals surface area contributed by atoms with E-state index in [-0.39, 0.29) is 18.5 Å². The quantitative estimate of drug-likeness (QED) is 0.451. The number of carbonyl (C=O) groups excluding carboxylic acids is 1. The SMILES string of the molecule is Cc1ccc(C(C)C)cc1OCc1c(C)nc(-c2c(C)cccc2C)nc1N1CCN(CC(N)=O)CC1C. The summed E-state index contributed by atoms with van der Waals surface area (Å²) in [6.45, 7) is 17.8. The fourth-order valence-corrected chi connectivity index (χ4v) is 5.26. The van der Waals surface area contributed by atoms with Gasteiger partial charge in [-0.25, -0.2) is 9.97 Å². The molecule has 0 radical (unpaired) electrons. The summed E-state index contributed by atoms with van der Waals surface area (Å²) in [5, 5.41) is 0. The first-order valence-electron chi connectivity index (χ1n) is 13.5. The number of nitrogens with zero attached hydrogens (tertiary/aromatic N) is 4. The number of aromatic nitrogens is 2. The predicted molar refractivity (Wildman–Crippen MR) is 154 cm³/mol. The van der Waals surface area contributed by atoms with Crippen molar-refractivity contribution in [3.8, 4) is 17.1 Å². The van der Waals surface area contributed by atoms with Crippen LogP contribution in [0.3, 0.4) is 0 Å². The lowest BCUT2D eigenvalue weighted by molar-refractivity contribution is -0.119. The Bertz CT molecular complexity index is 1300. The average molecular weight is 516 g/mol. The largest absolute Gasteiger partial charge is 0.488 e. The summed E-state index contributed by atoms with van der Waals surface area (Å²) in [6, 6.07) is 12.9. The zero-order valence-electron chi connectivity index (χ0n) is 23.8. The molecule has 2 heterocycles. The summed E-state index contributed by atoms with van der Waals surface area (Å²) in [4.78, 5) is 26.2. The van der Waals surface area contributed by atoms with Gasteiger partial charge in [-0.1, -0.05) is 44.2 Å². The molecule has 2 N–H and O–H groups in total. The number of aryl methyl sites for hydroxylation is 4. The standard InChI is InChI=1S/C31H41N5O2/c1-19(2)25-12-11-20(3)27(15-25)38-18-26-24(7)33-30(29-21(4)9-8-10-22(29)5)34-31(26)36-14-13-35(16-23(36)6)17-28(32)37/h8-12,15,19,23H,13-14,16-18H2,1-7H3,(H2,32,37). The number of hydrogen-bond acceptors (Lipinski definition) is 6. The lowest BCUT2D eigenvalue weighted by atomic mass is 10.0. The molecule has 0 bridgehead atoms. The number of anilines is 1. The van der Waals surface area contributed by atoms with E-state index in [1.54, 1.807) is 0 Å². The smallest absolute Gasteiger partial charge is 0.231 e. The number of amides is 1. The first kappa shape index (κ1) is 27.6. The van der Waals surface area contributed by atoms with Crippen LogP contribution < -0.4 is 15.4 Å². The van der Waals surface area contributed by atoms with Crippen molar-refractivity contribution in [2.45, 2.75) is 67.0 Å². The number of carbonyl (C=O) groups is 1. The molecule has 1 aliphatic heterocycles. The van der Waals surface area contributed by atoms with Crippen molar-refractivity contribution < 1.29 is 9.53 Å². The Morgan fingerprint density at radius 3 is 2.39 bits per heavy atom. The molecular formula is C31H41N5O2. The Hall–Kier alpha value is -3.45. The summed E-state index contributed by atoms with van der Waals surface area (Å²) in [5.74, 6) is 2.65. The van der Waals surface area contributed by atoms with E-state index in [1.807, 2.05) is 6.92 Å². The molecule has 1 fully saturated rings. The first-order chi connectivity index (χ1) is 18.0. The van der Waals surface area contributed by atoms with Gasteiger partial charge in [0.25, 0.3) is 0 Å². The maximum atomic E-state index is 11.5. The van der Waals surface area contributed by atoms with Crippen LogP contribution in [0.4, 0.5) is 5.82 Å². The summed E-state index contributed by atoms with van der Waals surface area (Å²) in [6.07, 6.45) is 0. The number of ether oxygens (including phenoxy) is 1. The number of benzene rings is 2. The Balaban J connectivity index is 1.74. The Morgan fingerprint density at radius 1 is 1.05 bits per heavy atom. The highest BCUT2D eigenvalue weighted by Crippen LogP contribution is 2.32. The van der Waals surface area contributed by atoms with Gasteiger partial charge in [0.15, 0.2) is 5.82 Å². The number of hydrogen-bond donors (Lipinski definition) is 1. The zero-order chi connectivity index (χ0) is 27.6. The van der Waals surface area contributed by atoms with E-state index in [4.69, 9.17) is 20.4 Å². The van der Waals surface area contributed by atoms with Crippen molar-refractivity contribution >= 4 is 11.7 Å². The van der Waals surface area contributed by atoms with Crippen LogP contribution >= 0.6 is 0 Å². The Morgan fingerprint density at radius 2 is 1.76 bits per heavy atom. The van der Waals surface area contributed by atoms with E-state index < -0.39 is 0 Å². The maximum Gasteiger partial charge on any atom is 0.231 e. The van der Waals surface area contributed by atoms with Gasteiger partial charge in [-0.3, -0.25) is 9.69 Å². The zero-order valence-corrected chi connectivity index (χ0v) is 23.8. The molecule has 7 heteroatoms. The lowest BCUT2D eigenvalue weighted by Crippen LogP contribution is -2.54. The molecule has 1 unspecified atom stereocenters. The molecule has 7 nitrogen and oxygen atoms in total. The highest BCUT2D eigenvalue weighted by Gasteiger charge is 2.29. The second kappa shape index (κ2) is 11.5. The monoisotopic (exact) mass is 515 g/mol. The lowest BCUT2D eigenvalue weighted by Gasteiger charge is -2.41. The third kappa shape index (κ3) is 5.99. The van der Waals surface area contributed by atoms with Crippen molar-refractivity contribution in [2.24, 2.45) is 5.73 Å². The summed E-state index contributed by atoms with van der Waals surface area (Å²) >= 11 is 0. The van der Waals surface area contributed by atoms with Crippen LogP contribution in [0.5, 0.6) is 5.75 Å². The molecule has 0 spiro atoms. The van der Waals surface area contributed by atoms with Gasteiger partial charge >= 0.3 is 0 Å². The molecule has 38 heavy (non-hydrogen) atoms. The van der Waals surface area contributed by atoms with Crippen LogP contribution in [0, 0.1) is 27.7 Å². The highest BCUT2D eigenvalue weighted by molar-refractivity contribution is 5.76. The van der Waals surface area contributed by atoms with Crippen LogP contribution in [0.1, 0.15) is 60.2 Å². The predicted octanol–water partition coefficient (Wildman–Crippen LogP) is 5.08. The van der Waals surface area contributed by atoms with Crippen LogP contribution in [-0.2, 0) is 11.4 Å². The van der Waals surface area contributed by atoms with Crippen molar-refractivity contribution in [3.05, 3.63) is 69.9 Å². The van der Waals surface area contributed by atoms with Crippen molar-refractivity contribution in [1.82, 2.24) is 14.9 Å². The second-order valence-electron chi connectivity index (χ2n) is 10.9. The highest BCUT2D eigenvalue weighted by atomic mass is 16.5. The van der Waals surface area contributed by atoms with Gasteiger partial charge in [-0.15, -0.1) is 0 Å². The average Bonchev–Trinajstić information content (AvgIpc) is 2.83. The number of rotatable bonds is 8. The summed E-state index contributed by atoms with van der Waals surface area (Å²) in [7, 11) is 0. The minimum Gasteiger partial charge on any atom is -0.488 e. The number of nitrogens with two attached hydrogens (primary N) is 1. The van der Waals surface area contributed by atoms with Crippen LogP contribution in [0.15, 0.2) is 36.4 Å². The minimum absolute atomic E-state index is 0.146. The van der Waals surface area contributed by atoms with E-state index in [9.17, 15) is 4.79 Å². The van der Waals surface area contributed by atoms with Crippen molar-refractivity contribution in [2.75, 3.05) is 31.1 Å². The molecule has 0 saturated carbocycles. The van der Waals surface area contributed by atoms with E-state index in [0.717, 1.165) is 70.5 Å². The molecule has 3 aromatic rings. The first-order valence-corrected chi connectivity index (χ1v) is 13.5. The fraction of sp³-hybridized carbons (Fsp3) is 0.452. The maximum absolute atomic E-state index is 11.5. The summed E-state index contributed by atoms with van der Waals surface area (Å²) < 4.78 is 6.45. The normalized spacial score (nSPS) is 16.2. The van der Waals surface area contributed by atoms with Gasteiger partial charge in [0, 0.05) is 31.2 Å². The van der Waals surface area contributed by atoms with Crippen LogP contribution in [0.2, 0.25) is 0 Å². The van der Waals surface area contributed by atoms with Gasteiger partial charge in [0.1, 0.15) is 18.2 Å². The Kier molecular flexibility index (Phi) is 8.36. The second-order valence-corrected chi connectivity index (χ2v) is 10.9. The molecule has 1 aliphatic rings. The molecule has 202 valence electrons. The van der Waals surface area contributed by atoms with Gasteiger partial charge < -0.3 is 15.4 Å². The molecule has 4 rings (SSSR count). The third-order valence-corrected chi connectivity index (χ3v) is 7.51. The van der Waals surface area contributed by atoms with Gasteiger partial charge in [-0.2, -0.15) is 0 Å². The van der Waals surface area contributed by atoms with Crippen LogP contribution in [0.25, 0.3) is 11.4 Å². The minimum atomic E-state index is -0.297. The molecule has 2 aromatic carbocycles. The molecule has 1 aromatic heterocycles. The number of primary amides is 1. The third-order valence-electron chi connectivity index (χ3n) is 7.51. The summed E-state index contributed by atoms with van der Waals surface area (Å²) in [5.41, 5.74) is 13.1.